The molecule has 0 N–H and O–H groups in total. The van der Waals surface area contributed by atoms with E-state index in [4.69, 9.17) is 0 Å². The lowest BCUT2D eigenvalue weighted by molar-refractivity contribution is 0.0741. The third-order valence-electron chi connectivity index (χ3n) is 4.83. The molecule has 1 aromatic heterocycles. The van der Waals surface area contributed by atoms with E-state index in [1.165, 1.54) is 10.5 Å². The van der Waals surface area contributed by atoms with Crippen LogP contribution in [0.4, 0.5) is 0 Å². The quantitative estimate of drug-likeness (QED) is 0.838. The highest BCUT2D eigenvalue weighted by molar-refractivity contribution is 7.91. The van der Waals surface area contributed by atoms with Gasteiger partial charge in [0.15, 0.2) is 15.5 Å². The number of aromatic nitrogens is 2. The average molecular weight is 361 g/mol. The second-order valence-corrected chi connectivity index (χ2v) is 9.06. The van der Waals surface area contributed by atoms with Gasteiger partial charge in [-0.2, -0.15) is 5.10 Å². The van der Waals surface area contributed by atoms with Crippen LogP contribution >= 0.6 is 0 Å². The largest absolute Gasteiger partial charge is 0.336 e. The number of sulfone groups is 1. The summed E-state index contributed by atoms with van der Waals surface area (Å²) < 4.78 is 25.0. The number of carbonyl (C=O) groups is 1. The Labute approximate surface area is 148 Å². The predicted octanol–water partition coefficient (Wildman–Crippen LogP) is 1.96. The van der Waals surface area contributed by atoms with Crippen molar-refractivity contribution in [3.63, 3.8) is 0 Å². The van der Waals surface area contributed by atoms with E-state index in [-0.39, 0.29) is 23.5 Å². The molecule has 3 rings (SSSR count). The number of aryl methyl sites for hydroxylation is 3. The molecule has 25 heavy (non-hydrogen) atoms. The van der Waals surface area contributed by atoms with Crippen molar-refractivity contribution in [2.24, 2.45) is 7.05 Å². The van der Waals surface area contributed by atoms with Crippen molar-refractivity contribution in [1.29, 1.82) is 0 Å². The van der Waals surface area contributed by atoms with E-state index in [0.29, 0.717) is 12.1 Å². The number of hydrogen-bond donors (Lipinski definition) is 0. The number of nitrogens with zero attached hydrogens (tertiary/aromatic N) is 3. The van der Waals surface area contributed by atoms with E-state index in [1.54, 1.807) is 17.8 Å². The van der Waals surface area contributed by atoms with Crippen molar-refractivity contribution < 1.29 is 13.2 Å². The first-order chi connectivity index (χ1) is 11.7. The summed E-state index contributed by atoms with van der Waals surface area (Å²) in [5, 5.41) is 4.36. The van der Waals surface area contributed by atoms with Crippen LogP contribution in [0.2, 0.25) is 0 Å². The summed E-state index contributed by atoms with van der Waals surface area (Å²) in [6.45, 7) is 4.08. The van der Waals surface area contributed by atoms with Crippen LogP contribution in [0.15, 0.2) is 24.3 Å². The molecule has 1 aliphatic heterocycles. The van der Waals surface area contributed by atoms with Crippen LogP contribution in [0, 0.1) is 13.8 Å². The molecule has 0 bridgehead atoms. The zero-order chi connectivity index (χ0) is 18.4. The van der Waals surface area contributed by atoms with Crippen LogP contribution < -0.4 is 0 Å². The summed E-state index contributed by atoms with van der Waals surface area (Å²) >= 11 is 0. The molecule has 7 heteroatoms. The third kappa shape index (κ3) is 3.46. The monoisotopic (exact) mass is 361 g/mol. The first kappa shape index (κ1) is 17.7. The van der Waals surface area contributed by atoms with Crippen LogP contribution in [-0.4, -0.2) is 53.6 Å². The van der Waals surface area contributed by atoms with Crippen LogP contribution in [0.1, 0.15) is 28.0 Å². The van der Waals surface area contributed by atoms with Gasteiger partial charge in [-0.1, -0.05) is 23.8 Å². The van der Waals surface area contributed by atoms with Gasteiger partial charge in [0.05, 0.1) is 17.2 Å². The maximum absolute atomic E-state index is 12.7. The van der Waals surface area contributed by atoms with Gasteiger partial charge >= 0.3 is 0 Å². The molecular weight excluding hydrogens is 338 g/mol. The number of amides is 1. The van der Waals surface area contributed by atoms with E-state index in [9.17, 15) is 13.2 Å². The van der Waals surface area contributed by atoms with Gasteiger partial charge in [-0.25, -0.2) is 8.42 Å². The van der Waals surface area contributed by atoms with E-state index in [1.807, 2.05) is 33.0 Å². The average Bonchev–Trinajstić information content (AvgIpc) is 3.09. The number of benzene rings is 1. The van der Waals surface area contributed by atoms with Crippen molar-refractivity contribution in [1.82, 2.24) is 14.7 Å². The second-order valence-electron chi connectivity index (χ2n) is 6.83. The van der Waals surface area contributed by atoms with Gasteiger partial charge in [-0.15, -0.1) is 0 Å². The predicted molar refractivity (Wildman–Crippen MR) is 97.3 cm³/mol. The first-order valence-corrected chi connectivity index (χ1v) is 10.1. The molecule has 134 valence electrons. The fourth-order valence-electron chi connectivity index (χ4n) is 3.35. The Morgan fingerprint density at radius 1 is 1.28 bits per heavy atom. The first-order valence-electron chi connectivity index (χ1n) is 8.27. The SMILES string of the molecule is Cc1ccc(-c2cc(C(=O)N(C)C3CCS(=O)(=O)C3)nn2C)c(C)c1. The third-order valence-corrected chi connectivity index (χ3v) is 6.58. The Morgan fingerprint density at radius 2 is 2.00 bits per heavy atom. The maximum atomic E-state index is 12.7. The molecule has 0 spiro atoms. The molecule has 1 saturated heterocycles. The van der Waals surface area contributed by atoms with E-state index in [0.717, 1.165) is 16.8 Å². The summed E-state index contributed by atoms with van der Waals surface area (Å²) in [6.07, 6.45) is 0.487. The summed E-state index contributed by atoms with van der Waals surface area (Å²) in [7, 11) is 0.432. The van der Waals surface area contributed by atoms with E-state index in [2.05, 4.69) is 11.2 Å². The fourth-order valence-corrected chi connectivity index (χ4v) is 5.13. The van der Waals surface area contributed by atoms with Crippen molar-refractivity contribution in [3.8, 4) is 11.3 Å². The Morgan fingerprint density at radius 3 is 2.60 bits per heavy atom. The molecule has 1 amide bonds. The Balaban J connectivity index is 1.88. The molecule has 2 aromatic rings. The molecular formula is C18H23N3O3S. The van der Waals surface area contributed by atoms with Crippen molar-refractivity contribution >= 4 is 15.7 Å². The molecule has 0 saturated carbocycles. The zero-order valence-electron chi connectivity index (χ0n) is 15.0. The molecule has 2 heterocycles. The molecule has 1 aromatic carbocycles. The lowest BCUT2D eigenvalue weighted by Gasteiger charge is -2.22. The Bertz CT molecular complexity index is 931. The van der Waals surface area contributed by atoms with Gasteiger partial charge in [0, 0.05) is 25.7 Å². The summed E-state index contributed by atoms with van der Waals surface area (Å²) in [5.74, 6) is -0.0640. The molecule has 0 radical (unpaired) electrons. The molecule has 1 unspecified atom stereocenters. The van der Waals surface area contributed by atoms with Crippen LogP contribution in [0.25, 0.3) is 11.3 Å². The highest BCUT2D eigenvalue weighted by Crippen LogP contribution is 2.26. The molecule has 0 aliphatic carbocycles. The zero-order valence-corrected chi connectivity index (χ0v) is 15.8. The van der Waals surface area contributed by atoms with Crippen LogP contribution in [0.5, 0.6) is 0 Å². The fraction of sp³-hybridized carbons (Fsp3) is 0.444. The summed E-state index contributed by atoms with van der Waals surface area (Å²) in [5.41, 5.74) is 4.54. The van der Waals surface area contributed by atoms with Crippen molar-refractivity contribution in [3.05, 3.63) is 41.1 Å². The number of carbonyl (C=O) groups excluding carboxylic acids is 1. The Hall–Kier alpha value is -2.15. The second kappa shape index (κ2) is 6.29. The normalized spacial score (nSPS) is 19.1. The van der Waals surface area contributed by atoms with Gasteiger partial charge in [0.1, 0.15) is 0 Å². The van der Waals surface area contributed by atoms with Gasteiger partial charge in [0.25, 0.3) is 5.91 Å². The standard InChI is InChI=1S/C18H23N3O3S/c1-12-5-6-15(13(2)9-12)17-10-16(19-21(17)4)18(22)20(3)14-7-8-25(23,24)11-14/h5-6,9-10,14H,7-8,11H2,1-4H3. The number of rotatable bonds is 3. The van der Waals surface area contributed by atoms with Gasteiger partial charge < -0.3 is 4.90 Å². The highest BCUT2D eigenvalue weighted by Gasteiger charge is 2.33. The minimum atomic E-state index is -3.03. The van der Waals surface area contributed by atoms with Crippen LogP contribution in [-0.2, 0) is 16.9 Å². The smallest absolute Gasteiger partial charge is 0.274 e. The lowest BCUT2D eigenvalue weighted by atomic mass is 10.0. The highest BCUT2D eigenvalue weighted by atomic mass is 32.2. The van der Waals surface area contributed by atoms with E-state index < -0.39 is 9.84 Å². The molecule has 1 atom stereocenters. The van der Waals surface area contributed by atoms with Gasteiger partial charge in [-0.05, 0) is 31.9 Å². The minimum Gasteiger partial charge on any atom is -0.336 e. The maximum Gasteiger partial charge on any atom is 0.274 e. The minimum absolute atomic E-state index is 0.0337. The molecule has 1 aliphatic rings. The van der Waals surface area contributed by atoms with E-state index >= 15 is 0 Å². The Kier molecular flexibility index (Phi) is 4.45. The molecule has 1 fully saturated rings. The topological polar surface area (TPSA) is 72.3 Å². The van der Waals surface area contributed by atoms with Crippen molar-refractivity contribution in [2.75, 3.05) is 18.6 Å². The lowest BCUT2D eigenvalue weighted by Crippen LogP contribution is -2.38. The van der Waals surface area contributed by atoms with Crippen molar-refractivity contribution in [2.45, 2.75) is 26.3 Å². The van der Waals surface area contributed by atoms with Gasteiger partial charge in [0.2, 0.25) is 0 Å². The summed E-state index contributed by atoms with van der Waals surface area (Å²) in [4.78, 5) is 14.2. The molecule has 6 nitrogen and oxygen atoms in total. The number of hydrogen-bond acceptors (Lipinski definition) is 4. The summed E-state index contributed by atoms with van der Waals surface area (Å²) in [6, 6.07) is 7.67. The van der Waals surface area contributed by atoms with Gasteiger partial charge in [-0.3, -0.25) is 9.48 Å². The van der Waals surface area contributed by atoms with Crippen LogP contribution in [0.3, 0.4) is 0 Å².